The standard InChI is InChI=1S/C20H20BrF2NO3S/c1-11(2)10-27-20(26)12(3)28-18-9-17(16(23)8-15(18)21)24-19(25)13-5-4-6-14(22)7-13/h4-9,11-12H,10H2,1-3H3,(H,24,25). The van der Waals surface area contributed by atoms with Crippen molar-refractivity contribution in [1.82, 2.24) is 0 Å². The number of thioether (sulfide) groups is 1. The molecule has 2 rings (SSSR count). The third kappa shape index (κ3) is 6.31. The molecule has 8 heteroatoms. The number of hydrogen-bond acceptors (Lipinski definition) is 4. The van der Waals surface area contributed by atoms with Gasteiger partial charge in [0.2, 0.25) is 0 Å². The van der Waals surface area contributed by atoms with Gasteiger partial charge >= 0.3 is 5.97 Å². The number of carbonyl (C=O) groups excluding carboxylic acids is 2. The second-order valence-electron chi connectivity index (χ2n) is 6.51. The Kier molecular flexibility index (Phi) is 8.00. The van der Waals surface area contributed by atoms with Crippen molar-refractivity contribution >= 4 is 45.3 Å². The van der Waals surface area contributed by atoms with Crippen molar-refractivity contribution in [2.24, 2.45) is 5.92 Å². The van der Waals surface area contributed by atoms with Gasteiger partial charge in [0.25, 0.3) is 5.91 Å². The van der Waals surface area contributed by atoms with E-state index < -0.39 is 22.8 Å². The van der Waals surface area contributed by atoms with Gasteiger partial charge in [0.15, 0.2) is 0 Å². The van der Waals surface area contributed by atoms with Crippen molar-refractivity contribution < 1.29 is 23.1 Å². The summed E-state index contributed by atoms with van der Waals surface area (Å²) in [7, 11) is 0. The van der Waals surface area contributed by atoms with E-state index >= 15 is 0 Å². The molecule has 150 valence electrons. The minimum Gasteiger partial charge on any atom is -0.465 e. The number of rotatable bonds is 7. The monoisotopic (exact) mass is 471 g/mol. The van der Waals surface area contributed by atoms with Gasteiger partial charge in [-0.3, -0.25) is 9.59 Å². The fourth-order valence-corrected chi connectivity index (χ4v) is 3.64. The summed E-state index contributed by atoms with van der Waals surface area (Å²) >= 11 is 4.45. The van der Waals surface area contributed by atoms with Crippen LogP contribution < -0.4 is 5.32 Å². The molecule has 0 spiro atoms. The van der Waals surface area contributed by atoms with E-state index in [9.17, 15) is 18.4 Å². The zero-order valence-corrected chi connectivity index (χ0v) is 18.0. The number of benzene rings is 2. The molecule has 4 nitrogen and oxygen atoms in total. The number of amides is 1. The first-order valence-electron chi connectivity index (χ1n) is 8.56. The average Bonchev–Trinajstić information content (AvgIpc) is 2.63. The minimum atomic E-state index is -0.656. The quantitative estimate of drug-likeness (QED) is 0.418. The van der Waals surface area contributed by atoms with E-state index in [-0.39, 0.29) is 23.1 Å². The normalized spacial score (nSPS) is 12.0. The van der Waals surface area contributed by atoms with E-state index in [0.717, 1.165) is 6.07 Å². The SMILES string of the molecule is CC(C)COC(=O)C(C)Sc1cc(NC(=O)c2cccc(F)c2)c(F)cc1Br. The van der Waals surface area contributed by atoms with Gasteiger partial charge in [-0.1, -0.05) is 19.9 Å². The maximum absolute atomic E-state index is 14.3. The zero-order chi connectivity index (χ0) is 20.8. The molecule has 2 aromatic rings. The van der Waals surface area contributed by atoms with Crippen molar-refractivity contribution in [1.29, 1.82) is 0 Å². The third-order valence-corrected chi connectivity index (χ3v) is 5.61. The van der Waals surface area contributed by atoms with Crippen LogP contribution in [0.3, 0.4) is 0 Å². The van der Waals surface area contributed by atoms with Gasteiger partial charge in [-0.15, -0.1) is 11.8 Å². The predicted octanol–water partition coefficient (Wildman–Crippen LogP) is 5.66. The van der Waals surface area contributed by atoms with Gasteiger partial charge in [-0.25, -0.2) is 8.78 Å². The predicted molar refractivity (Wildman–Crippen MR) is 110 cm³/mol. The number of esters is 1. The highest BCUT2D eigenvalue weighted by molar-refractivity contribution is 9.10. The summed E-state index contributed by atoms with van der Waals surface area (Å²) in [6.07, 6.45) is 0. The minimum absolute atomic E-state index is 0.0669. The molecule has 0 aliphatic carbocycles. The van der Waals surface area contributed by atoms with Crippen molar-refractivity contribution in [3.63, 3.8) is 0 Å². The molecule has 0 radical (unpaired) electrons. The third-order valence-electron chi connectivity index (χ3n) is 3.55. The summed E-state index contributed by atoms with van der Waals surface area (Å²) in [5.41, 5.74) is 0.00450. The molecule has 0 bridgehead atoms. The lowest BCUT2D eigenvalue weighted by molar-refractivity contribution is -0.143. The second-order valence-corrected chi connectivity index (χ2v) is 8.75. The summed E-state index contributed by atoms with van der Waals surface area (Å²) < 4.78 is 33.2. The van der Waals surface area contributed by atoms with Gasteiger partial charge in [0, 0.05) is 14.9 Å². The smallest absolute Gasteiger partial charge is 0.319 e. The summed E-state index contributed by atoms with van der Waals surface area (Å²) in [6.45, 7) is 5.89. The van der Waals surface area contributed by atoms with Crippen LogP contribution in [0, 0.1) is 17.6 Å². The lowest BCUT2D eigenvalue weighted by Crippen LogP contribution is -2.19. The molecule has 0 aliphatic heterocycles. The van der Waals surface area contributed by atoms with Crippen LogP contribution >= 0.6 is 27.7 Å². The van der Waals surface area contributed by atoms with Crippen LogP contribution in [0.5, 0.6) is 0 Å². The summed E-state index contributed by atoms with van der Waals surface area (Å²) in [5.74, 6) is -2.00. The first kappa shape index (κ1) is 22.4. The number of ether oxygens (including phenoxy) is 1. The molecule has 0 heterocycles. The Hall–Kier alpha value is -1.93. The maximum Gasteiger partial charge on any atom is 0.319 e. The molecule has 28 heavy (non-hydrogen) atoms. The molecular weight excluding hydrogens is 452 g/mol. The van der Waals surface area contributed by atoms with Crippen LogP contribution in [0.1, 0.15) is 31.1 Å². The van der Waals surface area contributed by atoms with E-state index in [1.54, 1.807) is 6.92 Å². The van der Waals surface area contributed by atoms with E-state index in [1.165, 1.54) is 42.1 Å². The molecule has 0 aromatic heterocycles. The summed E-state index contributed by atoms with van der Waals surface area (Å²) in [6, 6.07) is 7.73. The molecule has 0 saturated heterocycles. The van der Waals surface area contributed by atoms with Crippen molar-refractivity contribution in [3.05, 3.63) is 58.1 Å². The number of carbonyl (C=O) groups is 2. The fraction of sp³-hybridized carbons (Fsp3) is 0.300. The van der Waals surface area contributed by atoms with Crippen molar-refractivity contribution in [2.75, 3.05) is 11.9 Å². The highest BCUT2D eigenvalue weighted by Gasteiger charge is 2.20. The van der Waals surface area contributed by atoms with Crippen LogP contribution in [0.2, 0.25) is 0 Å². The maximum atomic E-state index is 14.3. The highest BCUT2D eigenvalue weighted by atomic mass is 79.9. The Morgan fingerprint density at radius 3 is 2.54 bits per heavy atom. The fourth-order valence-electron chi connectivity index (χ4n) is 2.14. The van der Waals surface area contributed by atoms with Crippen molar-refractivity contribution in [2.45, 2.75) is 30.9 Å². The van der Waals surface area contributed by atoms with Gasteiger partial charge in [0.1, 0.15) is 16.9 Å². The zero-order valence-electron chi connectivity index (χ0n) is 15.6. The Morgan fingerprint density at radius 2 is 1.89 bits per heavy atom. The van der Waals surface area contributed by atoms with Gasteiger partial charge in [-0.2, -0.15) is 0 Å². The van der Waals surface area contributed by atoms with E-state index in [2.05, 4.69) is 21.2 Å². The van der Waals surface area contributed by atoms with E-state index in [1.807, 2.05) is 13.8 Å². The lowest BCUT2D eigenvalue weighted by Gasteiger charge is -2.15. The number of hydrogen-bond donors (Lipinski definition) is 1. The Balaban J connectivity index is 2.15. The molecule has 0 aliphatic rings. The van der Waals surface area contributed by atoms with Crippen LogP contribution in [0.4, 0.5) is 14.5 Å². The highest BCUT2D eigenvalue weighted by Crippen LogP contribution is 2.35. The Bertz CT molecular complexity index is 877. The largest absolute Gasteiger partial charge is 0.465 e. The lowest BCUT2D eigenvalue weighted by atomic mass is 10.2. The summed E-state index contributed by atoms with van der Waals surface area (Å²) in [5, 5.41) is 1.91. The van der Waals surface area contributed by atoms with E-state index in [4.69, 9.17) is 4.74 Å². The Labute approximate surface area is 175 Å². The molecule has 0 fully saturated rings. The van der Waals surface area contributed by atoms with E-state index in [0.29, 0.717) is 16.0 Å². The number of nitrogens with one attached hydrogen (secondary N) is 1. The van der Waals surface area contributed by atoms with Gasteiger partial charge in [-0.05, 0) is 59.1 Å². The van der Waals surface area contributed by atoms with Crippen LogP contribution in [0.15, 0.2) is 45.8 Å². The first-order valence-corrected chi connectivity index (χ1v) is 10.2. The average molecular weight is 472 g/mol. The first-order chi connectivity index (χ1) is 13.2. The molecule has 1 unspecified atom stereocenters. The second kappa shape index (κ2) is 10.0. The molecule has 2 aromatic carbocycles. The number of halogens is 3. The van der Waals surface area contributed by atoms with Gasteiger partial charge < -0.3 is 10.1 Å². The van der Waals surface area contributed by atoms with Crippen LogP contribution in [-0.4, -0.2) is 23.7 Å². The topological polar surface area (TPSA) is 55.4 Å². The molecular formula is C20H20BrF2NO3S. The Morgan fingerprint density at radius 1 is 1.18 bits per heavy atom. The summed E-state index contributed by atoms with van der Waals surface area (Å²) in [4.78, 5) is 24.9. The van der Waals surface area contributed by atoms with Crippen molar-refractivity contribution in [3.8, 4) is 0 Å². The molecule has 1 atom stereocenters. The van der Waals surface area contributed by atoms with Crippen LogP contribution in [-0.2, 0) is 9.53 Å². The molecule has 1 N–H and O–H groups in total. The molecule has 0 saturated carbocycles. The number of anilines is 1. The molecule has 1 amide bonds. The van der Waals surface area contributed by atoms with Gasteiger partial charge in [0.05, 0.1) is 12.3 Å². The van der Waals surface area contributed by atoms with Crippen LogP contribution in [0.25, 0.3) is 0 Å².